The van der Waals surface area contributed by atoms with Crippen LogP contribution in [-0.4, -0.2) is 29.1 Å². The summed E-state index contributed by atoms with van der Waals surface area (Å²) in [6, 6.07) is 5.50. The minimum absolute atomic E-state index is 0.227. The molecule has 1 saturated carbocycles. The Morgan fingerprint density at radius 3 is 2.73 bits per heavy atom. The third-order valence-corrected chi connectivity index (χ3v) is 3.72. The van der Waals surface area contributed by atoms with Crippen molar-refractivity contribution >= 4 is 5.97 Å². The van der Waals surface area contributed by atoms with Crippen molar-refractivity contribution in [3.63, 3.8) is 0 Å². The second-order valence-electron chi connectivity index (χ2n) is 4.26. The van der Waals surface area contributed by atoms with Crippen LogP contribution < -0.4 is 5.32 Å². The van der Waals surface area contributed by atoms with Gasteiger partial charge in [0.1, 0.15) is 5.41 Å². The fourth-order valence-corrected chi connectivity index (χ4v) is 2.95. The van der Waals surface area contributed by atoms with Gasteiger partial charge in [0.05, 0.1) is 5.69 Å². The highest BCUT2D eigenvalue weighted by Crippen LogP contribution is 2.61. The van der Waals surface area contributed by atoms with Crippen molar-refractivity contribution in [3.05, 3.63) is 30.1 Å². The second kappa shape index (κ2) is 2.79. The number of carboxylic acids is 1. The van der Waals surface area contributed by atoms with Crippen molar-refractivity contribution < 1.29 is 9.90 Å². The van der Waals surface area contributed by atoms with Crippen molar-refractivity contribution in [1.82, 2.24) is 10.3 Å². The van der Waals surface area contributed by atoms with Crippen molar-refractivity contribution in [3.8, 4) is 0 Å². The van der Waals surface area contributed by atoms with Crippen molar-refractivity contribution in [2.24, 2.45) is 11.8 Å². The molecular weight excluding hydrogens is 192 g/mol. The highest BCUT2D eigenvalue weighted by Gasteiger charge is 2.73. The van der Waals surface area contributed by atoms with Crippen molar-refractivity contribution in [2.45, 2.75) is 5.41 Å². The SMILES string of the molecule is O=C(O)C1(c2ccccn2)C2CNCC21. The first-order valence-corrected chi connectivity index (χ1v) is 5.13. The number of pyridine rings is 1. The molecule has 2 atom stereocenters. The van der Waals surface area contributed by atoms with Gasteiger partial charge in [-0.2, -0.15) is 0 Å². The van der Waals surface area contributed by atoms with Gasteiger partial charge in [0.15, 0.2) is 0 Å². The van der Waals surface area contributed by atoms with Crippen LogP contribution in [-0.2, 0) is 10.2 Å². The molecule has 0 bridgehead atoms. The van der Waals surface area contributed by atoms with Gasteiger partial charge in [-0.3, -0.25) is 9.78 Å². The number of nitrogens with one attached hydrogen (secondary N) is 1. The molecule has 0 aromatic carbocycles. The fourth-order valence-electron chi connectivity index (χ4n) is 2.95. The Bertz CT molecular complexity index is 394. The van der Waals surface area contributed by atoms with E-state index in [0.717, 1.165) is 13.1 Å². The third-order valence-electron chi connectivity index (χ3n) is 3.72. The molecule has 1 aliphatic carbocycles. The predicted octanol–water partition coefficient (Wildman–Crippen LogP) is 0.253. The normalized spacial score (nSPS) is 37.3. The Kier molecular flexibility index (Phi) is 1.65. The highest BCUT2D eigenvalue weighted by atomic mass is 16.4. The molecule has 3 rings (SSSR count). The van der Waals surface area contributed by atoms with Crippen LogP contribution in [0.4, 0.5) is 0 Å². The Morgan fingerprint density at radius 2 is 2.20 bits per heavy atom. The first kappa shape index (κ1) is 8.85. The number of hydrogen-bond donors (Lipinski definition) is 2. The van der Waals surface area contributed by atoms with E-state index in [1.54, 1.807) is 6.20 Å². The number of fused-ring (bicyclic) bond motifs is 1. The number of hydrogen-bond acceptors (Lipinski definition) is 3. The van der Waals surface area contributed by atoms with Crippen LogP contribution in [0.1, 0.15) is 5.69 Å². The maximum atomic E-state index is 11.4. The van der Waals surface area contributed by atoms with Crippen molar-refractivity contribution in [2.75, 3.05) is 13.1 Å². The quantitative estimate of drug-likeness (QED) is 0.725. The standard InChI is InChI=1S/C11H12N2O2/c14-10(15)11(7-5-12-6-8(7)11)9-3-1-2-4-13-9/h1-4,7-8,12H,5-6H2,(H,14,15). The zero-order valence-corrected chi connectivity index (χ0v) is 8.18. The largest absolute Gasteiger partial charge is 0.481 e. The molecular formula is C11H12N2O2. The summed E-state index contributed by atoms with van der Waals surface area (Å²) in [7, 11) is 0. The Hall–Kier alpha value is -1.42. The van der Waals surface area contributed by atoms with E-state index in [4.69, 9.17) is 0 Å². The monoisotopic (exact) mass is 204 g/mol. The Morgan fingerprint density at radius 1 is 1.47 bits per heavy atom. The minimum atomic E-state index is -0.724. The first-order valence-electron chi connectivity index (χ1n) is 5.13. The summed E-state index contributed by atoms with van der Waals surface area (Å²) in [6.45, 7) is 1.60. The lowest BCUT2D eigenvalue weighted by atomic mass is 9.95. The summed E-state index contributed by atoms with van der Waals surface area (Å²) < 4.78 is 0. The van der Waals surface area contributed by atoms with Crippen LogP contribution >= 0.6 is 0 Å². The summed E-state index contributed by atoms with van der Waals surface area (Å²) in [5, 5.41) is 12.6. The first-order chi connectivity index (χ1) is 7.28. The van der Waals surface area contributed by atoms with E-state index < -0.39 is 11.4 Å². The second-order valence-corrected chi connectivity index (χ2v) is 4.26. The van der Waals surface area contributed by atoms with Crippen molar-refractivity contribution in [1.29, 1.82) is 0 Å². The maximum absolute atomic E-state index is 11.4. The van der Waals surface area contributed by atoms with E-state index in [9.17, 15) is 9.90 Å². The van der Waals surface area contributed by atoms with Crippen LogP contribution in [0.25, 0.3) is 0 Å². The lowest BCUT2D eigenvalue weighted by Gasteiger charge is -2.15. The molecule has 15 heavy (non-hydrogen) atoms. The van der Waals surface area contributed by atoms with Crippen LogP contribution in [0, 0.1) is 11.8 Å². The molecule has 1 saturated heterocycles. The predicted molar refractivity (Wildman–Crippen MR) is 53.4 cm³/mol. The number of carbonyl (C=O) groups is 1. The maximum Gasteiger partial charge on any atom is 0.316 e. The molecule has 2 unspecified atom stereocenters. The van der Waals surface area contributed by atoms with E-state index in [0.29, 0.717) is 5.69 Å². The highest BCUT2D eigenvalue weighted by molar-refractivity contribution is 5.86. The molecule has 0 radical (unpaired) electrons. The molecule has 1 aliphatic heterocycles. The van der Waals surface area contributed by atoms with Gasteiger partial charge < -0.3 is 10.4 Å². The lowest BCUT2D eigenvalue weighted by molar-refractivity contribution is -0.141. The third kappa shape index (κ3) is 0.946. The zero-order valence-electron chi connectivity index (χ0n) is 8.18. The molecule has 2 heterocycles. The van der Waals surface area contributed by atoms with Gasteiger partial charge in [0.25, 0.3) is 0 Å². The topological polar surface area (TPSA) is 62.2 Å². The summed E-state index contributed by atoms with van der Waals surface area (Å²) >= 11 is 0. The van der Waals surface area contributed by atoms with E-state index in [2.05, 4.69) is 10.3 Å². The van der Waals surface area contributed by atoms with E-state index in [-0.39, 0.29) is 11.8 Å². The van der Waals surface area contributed by atoms with E-state index in [1.807, 2.05) is 18.2 Å². The lowest BCUT2D eigenvalue weighted by Crippen LogP contribution is -2.33. The van der Waals surface area contributed by atoms with Gasteiger partial charge in [-0.15, -0.1) is 0 Å². The molecule has 2 fully saturated rings. The summed E-state index contributed by atoms with van der Waals surface area (Å²) in [5.41, 5.74) is 0.0148. The molecule has 1 aromatic heterocycles. The Balaban J connectivity index is 2.05. The molecule has 0 spiro atoms. The number of rotatable bonds is 2. The van der Waals surface area contributed by atoms with Crippen LogP contribution in [0.3, 0.4) is 0 Å². The zero-order chi connectivity index (χ0) is 10.5. The smallest absolute Gasteiger partial charge is 0.316 e. The van der Waals surface area contributed by atoms with Crippen LogP contribution in [0.2, 0.25) is 0 Å². The van der Waals surface area contributed by atoms with E-state index >= 15 is 0 Å². The molecule has 78 valence electrons. The van der Waals surface area contributed by atoms with E-state index in [1.165, 1.54) is 0 Å². The average molecular weight is 204 g/mol. The molecule has 2 aliphatic rings. The number of carboxylic acid groups (broad SMARTS) is 1. The number of nitrogens with zero attached hydrogens (tertiary/aromatic N) is 1. The van der Waals surface area contributed by atoms with Gasteiger partial charge >= 0.3 is 5.97 Å². The van der Waals surface area contributed by atoms with Gasteiger partial charge in [-0.1, -0.05) is 6.07 Å². The Labute approximate surface area is 87.3 Å². The molecule has 4 nitrogen and oxygen atoms in total. The number of aromatic nitrogens is 1. The summed E-state index contributed by atoms with van der Waals surface area (Å²) in [4.78, 5) is 15.6. The molecule has 1 aromatic rings. The van der Waals surface area contributed by atoms with Crippen LogP contribution in [0.5, 0.6) is 0 Å². The van der Waals surface area contributed by atoms with Gasteiger partial charge in [0, 0.05) is 6.20 Å². The van der Waals surface area contributed by atoms with Gasteiger partial charge in [-0.25, -0.2) is 0 Å². The number of piperidine rings is 1. The fraction of sp³-hybridized carbons (Fsp3) is 0.455. The van der Waals surface area contributed by atoms with Crippen LogP contribution in [0.15, 0.2) is 24.4 Å². The van der Waals surface area contributed by atoms with Gasteiger partial charge in [0.2, 0.25) is 0 Å². The van der Waals surface area contributed by atoms with Gasteiger partial charge in [-0.05, 0) is 37.1 Å². The average Bonchev–Trinajstić information content (AvgIpc) is 2.65. The molecule has 4 heteroatoms. The summed E-state index contributed by atoms with van der Waals surface area (Å²) in [6.07, 6.45) is 1.67. The number of aliphatic carboxylic acids is 1. The molecule has 2 N–H and O–H groups in total. The summed E-state index contributed by atoms with van der Waals surface area (Å²) in [5.74, 6) is -0.271. The molecule has 0 amide bonds. The minimum Gasteiger partial charge on any atom is -0.481 e.